The molecule has 2 aromatic rings. The average Bonchev–Trinajstić information content (AvgIpc) is 2.45. The fourth-order valence-corrected chi connectivity index (χ4v) is 3.00. The molecule has 1 amide bonds. The van der Waals surface area contributed by atoms with Crippen LogP contribution in [0.5, 0.6) is 0 Å². The lowest BCUT2D eigenvalue weighted by molar-refractivity contribution is -0.137. The van der Waals surface area contributed by atoms with Gasteiger partial charge in [0.2, 0.25) is 0 Å². The number of halogens is 6. The Kier molecular flexibility index (Phi) is 5.23. The predicted octanol–water partition coefficient (Wildman–Crippen LogP) is 5.45. The minimum absolute atomic E-state index is 0.100. The van der Waals surface area contributed by atoms with Crippen molar-refractivity contribution < 1.29 is 18.0 Å². The van der Waals surface area contributed by atoms with Crippen LogP contribution in [0.25, 0.3) is 0 Å². The molecule has 0 aliphatic carbocycles. The quantitative estimate of drug-likeness (QED) is 0.638. The van der Waals surface area contributed by atoms with Gasteiger partial charge in [-0.15, -0.1) is 0 Å². The van der Waals surface area contributed by atoms with E-state index in [2.05, 4.69) is 20.9 Å². The molecule has 0 N–H and O–H groups in total. The standard InChI is InChI=1S/C14H8BrCl2F3N2O/c1-22(13(23)11-8(15)3-2-4-9(11)16)12-10(17)5-7(6-21-12)14(18,19)20/h2-6H,1H3. The fraction of sp³-hybridized carbons (Fsp3) is 0.143. The maximum absolute atomic E-state index is 12.6. The lowest BCUT2D eigenvalue weighted by Crippen LogP contribution is -2.28. The molecule has 23 heavy (non-hydrogen) atoms. The molecule has 0 bridgehead atoms. The van der Waals surface area contributed by atoms with Crippen molar-refractivity contribution in [3.8, 4) is 0 Å². The van der Waals surface area contributed by atoms with Crippen LogP contribution in [0.1, 0.15) is 15.9 Å². The van der Waals surface area contributed by atoms with Crippen LogP contribution in [0.4, 0.5) is 19.0 Å². The Morgan fingerprint density at radius 2 is 1.91 bits per heavy atom. The molecule has 1 aromatic carbocycles. The normalized spacial score (nSPS) is 11.4. The number of anilines is 1. The monoisotopic (exact) mass is 426 g/mol. The van der Waals surface area contributed by atoms with Gasteiger partial charge < -0.3 is 0 Å². The van der Waals surface area contributed by atoms with Gasteiger partial charge in [-0.25, -0.2) is 4.98 Å². The van der Waals surface area contributed by atoms with Crippen LogP contribution in [0.3, 0.4) is 0 Å². The first-order valence-electron chi connectivity index (χ1n) is 6.07. The highest BCUT2D eigenvalue weighted by atomic mass is 79.9. The molecule has 122 valence electrons. The number of rotatable bonds is 2. The van der Waals surface area contributed by atoms with Crippen LogP contribution in [0.15, 0.2) is 34.9 Å². The van der Waals surface area contributed by atoms with Gasteiger partial charge in [0.15, 0.2) is 5.82 Å². The molecule has 0 unspecified atom stereocenters. The number of hydrogen-bond donors (Lipinski definition) is 0. The van der Waals surface area contributed by atoms with Crippen LogP contribution in [0, 0.1) is 0 Å². The van der Waals surface area contributed by atoms with E-state index in [1.807, 2.05) is 0 Å². The predicted molar refractivity (Wildman–Crippen MR) is 86.1 cm³/mol. The lowest BCUT2D eigenvalue weighted by atomic mass is 10.2. The SMILES string of the molecule is CN(C(=O)c1c(Cl)cccc1Br)c1ncc(C(F)(F)F)cc1Cl. The van der Waals surface area contributed by atoms with Crippen LogP contribution in [0.2, 0.25) is 10.0 Å². The zero-order valence-electron chi connectivity index (χ0n) is 11.5. The van der Waals surface area contributed by atoms with E-state index in [4.69, 9.17) is 23.2 Å². The molecule has 3 nitrogen and oxygen atoms in total. The Morgan fingerprint density at radius 3 is 2.43 bits per heavy atom. The van der Waals surface area contributed by atoms with Gasteiger partial charge in [-0.05, 0) is 34.1 Å². The van der Waals surface area contributed by atoms with Crippen molar-refractivity contribution in [2.75, 3.05) is 11.9 Å². The molecule has 9 heteroatoms. The van der Waals surface area contributed by atoms with Gasteiger partial charge in [-0.1, -0.05) is 29.3 Å². The van der Waals surface area contributed by atoms with Gasteiger partial charge in [0.05, 0.1) is 21.2 Å². The van der Waals surface area contributed by atoms with Crippen LogP contribution < -0.4 is 4.90 Å². The van der Waals surface area contributed by atoms with E-state index in [-0.39, 0.29) is 21.4 Å². The number of benzene rings is 1. The van der Waals surface area contributed by atoms with Gasteiger partial charge in [-0.3, -0.25) is 9.69 Å². The smallest absolute Gasteiger partial charge is 0.295 e. The number of carbonyl (C=O) groups excluding carboxylic acids is 1. The second kappa shape index (κ2) is 6.67. The molecule has 0 fully saturated rings. The van der Waals surface area contributed by atoms with Gasteiger partial charge in [-0.2, -0.15) is 13.2 Å². The minimum Gasteiger partial charge on any atom is -0.295 e. The summed E-state index contributed by atoms with van der Waals surface area (Å²) in [5, 5.41) is -0.0990. The summed E-state index contributed by atoms with van der Waals surface area (Å²) < 4.78 is 38.3. The van der Waals surface area contributed by atoms with Crippen molar-refractivity contribution in [2.24, 2.45) is 0 Å². The molecule has 0 saturated heterocycles. The zero-order valence-corrected chi connectivity index (χ0v) is 14.6. The second-order valence-corrected chi connectivity index (χ2v) is 6.16. The Hall–Kier alpha value is -1.31. The molecule has 1 heterocycles. The molecule has 0 atom stereocenters. The summed E-state index contributed by atoms with van der Waals surface area (Å²) in [4.78, 5) is 17.2. The van der Waals surface area contributed by atoms with Crippen LogP contribution in [-0.2, 0) is 6.18 Å². The highest BCUT2D eigenvalue weighted by Gasteiger charge is 2.32. The molecule has 0 aliphatic rings. The van der Waals surface area contributed by atoms with Gasteiger partial charge in [0.25, 0.3) is 5.91 Å². The molecule has 0 saturated carbocycles. The van der Waals surface area contributed by atoms with Gasteiger partial charge >= 0.3 is 6.18 Å². The van der Waals surface area contributed by atoms with E-state index < -0.39 is 17.6 Å². The maximum Gasteiger partial charge on any atom is 0.417 e. The first-order chi connectivity index (χ1) is 10.6. The number of amides is 1. The van der Waals surface area contributed by atoms with E-state index in [9.17, 15) is 18.0 Å². The van der Waals surface area contributed by atoms with Crippen LogP contribution >= 0.6 is 39.1 Å². The van der Waals surface area contributed by atoms with Crippen molar-refractivity contribution in [2.45, 2.75) is 6.18 Å². The summed E-state index contributed by atoms with van der Waals surface area (Å²) in [6, 6.07) is 5.51. The Morgan fingerprint density at radius 1 is 1.26 bits per heavy atom. The van der Waals surface area contributed by atoms with E-state index in [1.165, 1.54) is 13.1 Å². The first-order valence-corrected chi connectivity index (χ1v) is 7.62. The topological polar surface area (TPSA) is 33.2 Å². The third kappa shape index (κ3) is 3.79. The summed E-state index contributed by atoms with van der Waals surface area (Å²) in [5.74, 6) is -0.659. The summed E-state index contributed by atoms with van der Waals surface area (Å²) in [5.41, 5.74) is -0.833. The first kappa shape index (κ1) is 18.0. The van der Waals surface area contributed by atoms with Crippen molar-refractivity contribution in [3.63, 3.8) is 0 Å². The molecule has 0 spiro atoms. The largest absolute Gasteiger partial charge is 0.417 e. The van der Waals surface area contributed by atoms with Crippen LogP contribution in [-0.4, -0.2) is 17.9 Å². The van der Waals surface area contributed by atoms with E-state index in [0.717, 1.165) is 11.0 Å². The number of aromatic nitrogens is 1. The average molecular weight is 428 g/mol. The molecular weight excluding hydrogens is 420 g/mol. The Labute approximate surface area is 148 Å². The van der Waals surface area contributed by atoms with Crippen molar-refractivity contribution in [1.82, 2.24) is 4.98 Å². The van der Waals surface area contributed by atoms with Crippen molar-refractivity contribution in [3.05, 3.63) is 56.1 Å². The van der Waals surface area contributed by atoms with Crippen molar-refractivity contribution in [1.29, 1.82) is 0 Å². The minimum atomic E-state index is -4.57. The summed E-state index contributed by atoms with van der Waals surface area (Å²) in [7, 11) is 1.35. The third-order valence-corrected chi connectivity index (χ3v) is 4.20. The maximum atomic E-state index is 12.6. The van der Waals surface area contributed by atoms with E-state index in [1.54, 1.807) is 12.1 Å². The Balaban J connectivity index is 2.41. The highest BCUT2D eigenvalue weighted by Crippen LogP contribution is 2.34. The second-order valence-electron chi connectivity index (χ2n) is 4.49. The lowest BCUT2D eigenvalue weighted by Gasteiger charge is -2.19. The zero-order chi connectivity index (χ0) is 17.4. The van der Waals surface area contributed by atoms with E-state index >= 15 is 0 Å². The van der Waals surface area contributed by atoms with Crippen molar-refractivity contribution >= 4 is 50.9 Å². The summed E-state index contributed by atoms with van der Waals surface area (Å²) in [6.45, 7) is 0. The number of nitrogens with zero attached hydrogens (tertiary/aromatic N) is 2. The van der Waals surface area contributed by atoms with E-state index in [0.29, 0.717) is 10.7 Å². The fourth-order valence-electron chi connectivity index (χ4n) is 1.80. The highest BCUT2D eigenvalue weighted by molar-refractivity contribution is 9.10. The number of alkyl halides is 3. The molecular formula is C14H8BrCl2F3N2O. The Bertz CT molecular complexity index is 748. The molecule has 1 aromatic heterocycles. The number of carbonyl (C=O) groups is 1. The number of pyridine rings is 1. The van der Waals surface area contributed by atoms with Gasteiger partial charge in [0, 0.05) is 17.7 Å². The number of hydrogen-bond acceptors (Lipinski definition) is 2. The van der Waals surface area contributed by atoms with Gasteiger partial charge in [0.1, 0.15) is 0 Å². The summed E-state index contributed by atoms with van der Waals surface area (Å²) in [6.07, 6.45) is -3.95. The third-order valence-electron chi connectivity index (χ3n) is 2.95. The summed E-state index contributed by atoms with van der Waals surface area (Å²) >= 11 is 15.1. The molecule has 0 aliphatic heterocycles. The molecule has 0 radical (unpaired) electrons. The molecule has 2 rings (SSSR count).